The van der Waals surface area contributed by atoms with Gasteiger partial charge in [-0.05, 0) is 0 Å². The third kappa shape index (κ3) is 2.20. The van der Waals surface area contributed by atoms with Gasteiger partial charge in [-0.25, -0.2) is 15.0 Å². The number of aromatic nitrogens is 4. The van der Waals surface area contributed by atoms with Crippen LogP contribution >= 0.6 is 0 Å². The molecule has 16 heavy (non-hydrogen) atoms. The Labute approximate surface area is 87.9 Å². The van der Waals surface area contributed by atoms with Gasteiger partial charge in [0.15, 0.2) is 11.5 Å². The number of hydrogen-bond acceptors (Lipinski definition) is 4. The molecule has 0 fully saturated rings. The Balaban J connectivity index is 2.24. The van der Waals surface area contributed by atoms with E-state index in [-0.39, 0.29) is 23.7 Å². The van der Waals surface area contributed by atoms with Gasteiger partial charge in [0, 0.05) is 6.42 Å². The molecular formula is C8H8F3N5. The van der Waals surface area contributed by atoms with E-state index in [1.54, 1.807) is 0 Å². The van der Waals surface area contributed by atoms with E-state index in [0.717, 1.165) is 0 Å². The Kier molecular flexibility index (Phi) is 2.41. The van der Waals surface area contributed by atoms with Gasteiger partial charge in [0.05, 0.1) is 6.42 Å². The second-order valence-corrected chi connectivity index (χ2v) is 3.26. The van der Waals surface area contributed by atoms with Crippen molar-refractivity contribution in [3.05, 3.63) is 12.2 Å². The molecule has 0 unspecified atom stereocenters. The maximum absolute atomic E-state index is 12.0. The average Bonchev–Trinajstić information content (AvgIpc) is 2.58. The highest BCUT2D eigenvalue weighted by atomic mass is 19.4. The van der Waals surface area contributed by atoms with Crippen LogP contribution in [0.1, 0.15) is 12.2 Å². The molecule has 0 amide bonds. The summed E-state index contributed by atoms with van der Waals surface area (Å²) < 4.78 is 35.9. The number of imidazole rings is 1. The molecule has 3 N–H and O–H groups in total. The number of rotatable bonds is 2. The fraction of sp³-hybridized carbons (Fsp3) is 0.375. The minimum atomic E-state index is -4.20. The van der Waals surface area contributed by atoms with Crippen LogP contribution in [0.2, 0.25) is 0 Å². The minimum absolute atomic E-state index is 0.177. The Hall–Kier alpha value is -1.86. The van der Waals surface area contributed by atoms with Crippen LogP contribution in [0.4, 0.5) is 19.0 Å². The van der Waals surface area contributed by atoms with Gasteiger partial charge in [-0.3, -0.25) is 0 Å². The van der Waals surface area contributed by atoms with Crippen LogP contribution in [0.5, 0.6) is 0 Å². The Morgan fingerprint density at radius 2 is 2.06 bits per heavy atom. The zero-order valence-corrected chi connectivity index (χ0v) is 8.04. The fourth-order valence-corrected chi connectivity index (χ4v) is 1.27. The van der Waals surface area contributed by atoms with Gasteiger partial charge in [-0.2, -0.15) is 13.2 Å². The van der Waals surface area contributed by atoms with Crippen molar-refractivity contribution in [1.82, 2.24) is 19.9 Å². The summed E-state index contributed by atoms with van der Waals surface area (Å²) in [4.78, 5) is 14.1. The van der Waals surface area contributed by atoms with Crippen molar-refractivity contribution < 1.29 is 13.2 Å². The fourth-order valence-electron chi connectivity index (χ4n) is 1.27. The first-order chi connectivity index (χ1) is 7.46. The summed E-state index contributed by atoms with van der Waals surface area (Å²) >= 11 is 0. The Morgan fingerprint density at radius 1 is 1.31 bits per heavy atom. The standard InChI is InChI=1S/C8H8F3N5/c9-8(10,11)2-1-4-15-5-6(12)13-3-14-7(5)16-4/h3H,1-2H2,(H3,12,13,14,15,16). The molecule has 5 nitrogen and oxygen atoms in total. The zero-order valence-electron chi connectivity index (χ0n) is 8.04. The number of aryl methyl sites for hydroxylation is 1. The van der Waals surface area contributed by atoms with Gasteiger partial charge in [-0.1, -0.05) is 0 Å². The SMILES string of the molecule is Nc1ncnc2nc(CCC(F)(F)F)[nH]c12. The third-order valence-corrected chi connectivity index (χ3v) is 2.01. The lowest BCUT2D eigenvalue weighted by molar-refractivity contribution is -0.134. The maximum Gasteiger partial charge on any atom is 0.389 e. The van der Waals surface area contributed by atoms with Crippen LogP contribution in [-0.4, -0.2) is 26.1 Å². The molecule has 0 saturated heterocycles. The normalized spacial score (nSPS) is 12.2. The first-order valence-corrected chi connectivity index (χ1v) is 4.47. The molecule has 0 saturated carbocycles. The lowest BCUT2D eigenvalue weighted by Gasteiger charge is -2.02. The molecule has 0 spiro atoms. The van der Waals surface area contributed by atoms with Gasteiger partial charge in [-0.15, -0.1) is 0 Å². The van der Waals surface area contributed by atoms with Crippen molar-refractivity contribution in [3.8, 4) is 0 Å². The summed E-state index contributed by atoms with van der Waals surface area (Å²) in [7, 11) is 0. The summed E-state index contributed by atoms with van der Waals surface area (Å²) in [5, 5.41) is 0. The summed E-state index contributed by atoms with van der Waals surface area (Å²) in [6, 6.07) is 0. The van der Waals surface area contributed by atoms with Crippen molar-refractivity contribution in [3.63, 3.8) is 0 Å². The quantitative estimate of drug-likeness (QED) is 0.819. The second kappa shape index (κ2) is 3.62. The molecule has 8 heteroatoms. The number of H-pyrrole nitrogens is 1. The van der Waals surface area contributed by atoms with Crippen LogP contribution in [0, 0.1) is 0 Å². The van der Waals surface area contributed by atoms with E-state index in [4.69, 9.17) is 5.73 Å². The molecule has 86 valence electrons. The molecule has 2 aromatic heterocycles. The van der Waals surface area contributed by atoms with Gasteiger partial charge >= 0.3 is 6.18 Å². The maximum atomic E-state index is 12.0. The van der Waals surface area contributed by atoms with E-state index in [9.17, 15) is 13.2 Å². The van der Waals surface area contributed by atoms with E-state index >= 15 is 0 Å². The van der Waals surface area contributed by atoms with Gasteiger partial charge < -0.3 is 10.7 Å². The number of anilines is 1. The predicted molar refractivity (Wildman–Crippen MR) is 50.5 cm³/mol. The van der Waals surface area contributed by atoms with Crippen molar-refractivity contribution in [2.24, 2.45) is 0 Å². The topological polar surface area (TPSA) is 80.5 Å². The third-order valence-electron chi connectivity index (χ3n) is 2.01. The van der Waals surface area contributed by atoms with E-state index in [1.807, 2.05) is 0 Å². The molecule has 0 aliphatic rings. The number of nitrogens with zero attached hydrogens (tertiary/aromatic N) is 3. The summed E-state index contributed by atoms with van der Waals surface area (Å²) in [5.74, 6) is 0.385. The van der Waals surface area contributed by atoms with Crippen LogP contribution < -0.4 is 5.73 Å². The van der Waals surface area contributed by atoms with E-state index in [2.05, 4.69) is 19.9 Å². The molecule has 2 heterocycles. The number of fused-ring (bicyclic) bond motifs is 1. The van der Waals surface area contributed by atoms with Crippen LogP contribution in [0.15, 0.2) is 6.33 Å². The van der Waals surface area contributed by atoms with Gasteiger partial charge in [0.1, 0.15) is 17.7 Å². The van der Waals surface area contributed by atoms with Crippen LogP contribution in [0.25, 0.3) is 11.2 Å². The van der Waals surface area contributed by atoms with Crippen molar-refractivity contribution in [1.29, 1.82) is 0 Å². The molecule has 2 aromatic rings. The molecule has 0 aliphatic heterocycles. The highest BCUT2D eigenvalue weighted by molar-refractivity contribution is 5.80. The Morgan fingerprint density at radius 3 is 2.69 bits per heavy atom. The molecule has 0 aromatic carbocycles. The van der Waals surface area contributed by atoms with Gasteiger partial charge in [0.2, 0.25) is 0 Å². The molecule has 0 bridgehead atoms. The molecular weight excluding hydrogens is 223 g/mol. The number of alkyl halides is 3. The molecule has 0 aliphatic carbocycles. The number of aromatic amines is 1. The summed E-state index contributed by atoms with van der Waals surface area (Å²) in [6.45, 7) is 0. The summed E-state index contributed by atoms with van der Waals surface area (Å²) in [6.07, 6.45) is -4.14. The van der Waals surface area contributed by atoms with Gasteiger partial charge in [0.25, 0.3) is 0 Å². The zero-order chi connectivity index (χ0) is 11.8. The number of nitrogen functional groups attached to an aromatic ring is 1. The second-order valence-electron chi connectivity index (χ2n) is 3.26. The Bertz CT molecular complexity index is 504. The summed E-state index contributed by atoms with van der Waals surface area (Å²) in [5.41, 5.74) is 6.16. The van der Waals surface area contributed by atoms with E-state index in [1.165, 1.54) is 6.33 Å². The van der Waals surface area contributed by atoms with E-state index in [0.29, 0.717) is 5.52 Å². The highest BCUT2D eigenvalue weighted by Crippen LogP contribution is 2.22. The molecule has 2 rings (SSSR count). The lowest BCUT2D eigenvalue weighted by atomic mass is 10.3. The van der Waals surface area contributed by atoms with Crippen molar-refractivity contribution in [2.45, 2.75) is 19.0 Å². The molecule has 0 atom stereocenters. The minimum Gasteiger partial charge on any atom is -0.382 e. The average molecular weight is 231 g/mol. The highest BCUT2D eigenvalue weighted by Gasteiger charge is 2.27. The van der Waals surface area contributed by atoms with Crippen molar-refractivity contribution >= 4 is 17.0 Å². The van der Waals surface area contributed by atoms with Crippen molar-refractivity contribution in [2.75, 3.05) is 5.73 Å². The van der Waals surface area contributed by atoms with Crippen LogP contribution in [-0.2, 0) is 6.42 Å². The number of nitrogens with two attached hydrogens (primary N) is 1. The number of nitrogens with one attached hydrogen (secondary N) is 1. The first-order valence-electron chi connectivity index (χ1n) is 4.47. The predicted octanol–water partition coefficient (Wildman–Crippen LogP) is 1.43. The smallest absolute Gasteiger partial charge is 0.382 e. The largest absolute Gasteiger partial charge is 0.389 e. The number of halogens is 3. The van der Waals surface area contributed by atoms with E-state index < -0.39 is 12.6 Å². The van der Waals surface area contributed by atoms with Crippen LogP contribution in [0.3, 0.4) is 0 Å². The first kappa shape index (κ1) is 10.7. The monoisotopic (exact) mass is 231 g/mol. The number of hydrogen-bond donors (Lipinski definition) is 2. The lowest BCUT2D eigenvalue weighted by Crippen LogP contribution is -2.09. The molecule has 0 radical (unpaired) electrons.